The van der Waals surface area contributed by atoms with E-state index in [0.717, 1.165) is 19.3 Å². The molecule has 2 rings (SSSR count). The van der Waals surface area contributed by atoms with Crippen LogP contribution in [0.5, 0.6) is 0 Å². The number of hydrogen-bond donors (Lipinski definition) is 0. The quantitative estimate of drug-likeness (QED) is 0.501. The molecule has 1 heterocycles. The second-order valence-electron chi connectivity index (χ2n) is 3.13. The molecule has 2 heteroatoms. The van der Waals surface area contributed by atoms with Crippen molar-refractivity contribution in [2.45, 2.75) is 37.7 Å². The smallest absolute Gasteiger partial charge is 0.142 e. The second-order valence-corrected chi connectivity index (χ2v) is 3.13. The first-order valence-corrected chi connectivity index (χ1v) is 3.93. The highest BCUT2D eigenvalue weighted by Crippen LogP contribution is 2.35. The predicted octanol–water partition coefficient (Wildman–Crippen LogP) is 1.91. The molecule has 1 aliphatic heterocycles. The first-order valence-electron chi connectivity index (χ1n) is 3.93. The summed E-state index contributed by atoms with van der Waals surface area (Å²) in [6.45, 7) is 0. The minimum atomic E-state index is 0.120. The van der Waals surface area contributed by atoms with Crippen LogP contribution < -0.4 is 0 Å². The van der Waals surface area contributed by atoms with Crippen LogP contribution in [0.2, 0.25) is 0 Å². The van der Waals surface area contributed by atoms with E-state index >= 15 is 0 Å². The molecule has 0 aromatic carbocycles. The summed E-state index contributed by atoms with van der Waals surface area (Å²) in [5, 5.41) is 3.82. The molecule has 0 aromatic heterocycles. The van der Waals surface area contributed by atoms with Crippen molar-refractivity contribution in [2.24, 2.45) is 5.16 Å². The summed E-state index contributed by atoms with van der Waals surface area (Å²) in [7, 11) is 0. The molecule has 0 atom stereocenters. The van der Waals surface area contributed by atoms with Gasteiger partial charge in [-0.15, -0.1) is 0 Å². The number of nitrogens with zero attached hydrogens (tertiary/aromatic N) is 1. The van der Waals surface area contributed by atoms with E-state index in [2.05, 4.69) is 11.6 Å². The third-order valence-corrected chi connectivity index (χ3v) is 2.39. The summed E-state index contributed by atoms with van der Waals surface area (Å²) in [4.78, 5) is 5.33. The normalized spacial score (nSPS) is 28.8. The van der Waals surface area contributed by atoms with Crippen molar-refractivity contribution in [3.05, 3.63) is 6.42 Å². The Labute approximate surface area is 61.2 Å². The van der Waals surface area contributed by atoms with Gasteiger partial charge >= 0.3 is 0 Å². The molecule has 10 heavy (non-hydrogen) atoms. The van der Waals surface area contributed by atoms with Gasteiger partial charge in [-0.3, -0.25) is 0 Å². The molecule has 1 radical (unpaired) electrons. The SMILES string of the molecule is [CH]1CCC2(CC=NO2)CC1. The van der Waals surface area contributed by atoms with Gasteiger partial charge < -0.3 is 4.84 Å². The third-order valence-electron chi connectivity index (χ3n) is 2.39. The predicted molar refractivity (Wildman–Crippen MR) is 39.7 cm³/mol. The number of oxime groups is 1. The highest BCUT2D eigenvalue weighted by molar-refractivity contribution is 5.59. The molecule has 0 N–H and O–H groups in total. The van der Waals surface area contributed by atoms with Crippen LogP contribution in [-0.4, -0.2) is 11.8 Å². The topological polar surface area (TPSA) is 21.6 Å². The van der Waals surface area contributed by atoms with Gasteiger partial charge in [0.1, 0.15) is 5.60 Å². The van der Waals surface area contributed by atoms with E-state index in [1.54, 1.807) is 0 Å². The van der Waals surface area contributed by atoms with E-state index in [-0.39, 0.29) is 5.60 Å². The maximum Gasteiger partial charge on any atom is 0.142 e. The summed E-state index contributed by atoms with van der Waals surface area (Å²) in [5.74, 6) is 0. The lowest BCUT2D eigenvalue weighted by Crippen LogP contribution is -2.30. The molecule has 0 aromatic rings. The summed E-state index contributed by atoms with van der Waals surface area (Å²) in [5.41, 5.74) is 0.120. The Hall–Kier alpha value is -0.530. The van der Waals surface area contributed by atoms with Gasteiger partial charge in [0.2, 0.25) is 0 Å². The van der Waals surface area contributed by atoms with Crippen molar-refractivity contribution in [1.29, 1.82) is 0 Å². The molecule has 2 aliphatic rings. The molecule has 55 valence electrons. The molecular weight excluding hydrogens is 126 g/mol. The molecular formula is C8H12NO. The fourth-order valence-corrected chi connectivity index (χ4v) is 1.68. The van der Waals surface area contributed by atoms with E-state index in [4.69, 9.17) is 4.84 Å². The van der Waals surface area contributed by atoms with Crippen LogP contribution in [0.4, 0.5) is 0 Å². The average molecular weight is 138 g/mol. The first kappa shape index (κ1) is 6.20. The van der Waals surface area contributed by atoms with Crippen LogP contribution in [0.3, 0.4) is 0 Å². The molecule has 0 bridgehead atoms. The largest absolute Gasteiger partial charge is 0.389 e. The number of hydrogen-bond acceptors (Lipinski definition) is 2. The van der Waals surface area contributed by atoms with Crippen molar-refractivity contribution in [3.63, 3.8) is 0 Å². The van der Waals surface area contributed by atoms with Gasteiger partial charge in [-0.05, 0) is 32.1 Å². The van der Waals surface area contributed by atoms with Crippen LogP contribution >= 0.6 is 0 Å². The summed E-state index contributed by atoms with van der Waals surface area (Å²) in [6.07, 6.45) is 9.98. The van der Waals surface area contributed by atoms with E-state index in [1.165, 1.54) is 12.8 Å². The fourth-order valence-electron chi connectivity index (χ4n) is 1.68. The molecule has 0 amide bonds. The second kappa shape index (κ2) is 2.26. The Morgan fingerprint density at radius 1 is 1.30 bits per heavy atom. The zero-order valence-corrected chi connectivity index (χ0v) is 6.05. The van der Waals surface area contributed by atoms with Crippen molar-refractivity contribution < 1.29 is 4.84 Å². The molecule has 1 spiro atoms. The summed E-state index contributed by atoms with van der Waals surface area (Å²) < 4.78 is 0. The monoisotopic (exact) mass is 138 g/mol. The van der Waals surface area contributed by atoms with Gasteiger partial charge in [-0.2, -0.15) is 0 Å². The summed E-state index contributed by atoms with van der Waals surface area (Å²) >= 11 is 0. The lowest BCUT2D eigenvalue weighted by atomic mass is 9.83. The molecule has 2 nitrogen and oxygen atoms in total. The van der Waals surface area contributed by atoms with Crippen molar-refractivity contribution >= 4 is 6.21 Å². The minimum absolute atomic E-state index is 0.120. The third kappa shape index (κ3) is 0.917. The van der Waals surface area contributed by atoms with Crippen LogP contribution in [-0.2, 0) is 4.84 Å². The van der Waals surface area contributed by atoms with Gasteiger partial charge in [0.15, 0.2) is 0 Å². The maximum atomic E-state index is 5.33. The molecule has 0 unspecified atom stereocenters. The Balaban J connectivity index is 2.00. The standard InChI is InChI=1S/C8H12NO/c1-2-4-8(5-3-1)6-7-9-10-8/h1,7H,2-6H2. The Morgan fingerprint density at radius 2 is 2.10 bits per heavy atom. The zero-order chi connectivity index (χ0) is 6.86. The molecule has 1 aliphatic carbocycles. The van der Waals surface area contributed by atoms with Crippen molar-refractivity contribution in [2.75, 3.05) is 0 Å². The van der Waals surface area contributed by atoms with Gasteiger partial charge in [-0.1, -0.05) is 5.16 Å². The molecule has 1 saturated carbocycles. The Kier molecular flexibility index (Phi) is 1.40. The van der Waals surface area contributed by atoms with Gasteiger partial charge in [-0.25, -0.2) is 0 Å². The zero-order valence-electron chi connectivity index (χ0n) is 6.05. The first-order chi connectivity index (χ1) is 4.91. The van der Waals surface area contributed by atoms with E-state index < -0.39 is 0 Å². The highest BCUT2D eigenvalue weighted by Gasteiger charge is 2.36. The number of rotatable bonds is 0. The maximum absolute atomic E-state index is 5.33. The lowest BCUT2D eigenvalue weighted by molar-refractivity contribution is -0.0386. The van der Waals surface area contributed by atoms with Gasteiger partial charge in [0.05, 0.1) is 0 Å². The fraction of sp³-hybridized carbons (Fsp3) is 0.750. The highest BCUT2D eigenvalue weighted by atomic mass is 16.7. The molecule has 0 saturated heterocycles. The van der Waals surface area contributed by atoms with E-state index in [9.17, 15) is 0 Å². The van der Waals surface area contributed by atoms with Crippen LogP contribution in [0.25, 0.3) is 0 Å². The van der Waals surface area contributed by atoms with E-state index in [0.29, 0.717) is 0 Å². The van der Waals surface area contributed by atoms with E-state index in [1.807, 2.05) is 6.21 Å². The minimum Gasteiger partial charge on any atom is -0.389 e. The van der Waals surface area contributed by atoms with Crippen molar-refractivity contribution in [3.8, 4) is 0 Å². The Bertz CT molecular complexity index is 137. The summed E-state index contributed by atoms with van der Waals surface area (Å²) in [6, 6.07) is 0. The van der Waals surface area contributed by atoms with Crippen LogP contribution in [0.1, 0.15) is 32.1 Å². The van der Waals surface area contributed by atoms with Crippen LogP contribution in [0, 0.1) is 6.42 Å². The van der Waals surface area contributed by atoms with Gasteiger partial charge in [0, 0.05) is 12.6 Å². The Morgan fingerprint density at radius 3 is 2.70 bits per heavy atom. The molecule has 1 fully saturated rings. The van der Waals surface area contributed by atoms with Gasteiger partial charge in [0.25, 0.3) is 0 Å². The average Bonchev–Trinajstić information content (AvgIpc) is 2.39. The van der Waals surface area contributed by atoms with Crippen molar-refractivity contribution in [1.82, 2.24) is 0 Å². The lowest BCUT2D eigenvalue weighted by Gasteiger charge is -2.29. The van der Waals surface area contributed by atoms with Crippen LogP contribution in [0.15, 0.2) is 5.16 Å².